The lowest BCUT2D eigenvalue weighted by Gasteiger charge is -2.15. The molecule has 24 heavy (non-hydrogen) atoms. The van der Waals surface area contributed by atoms with Gasteiger partial charge in [-0.25, -0.2) is 0 Å². The van der Waals surface area contributed by atoms with Crippen LogP contribution in [0.4, 0.5) is 5.69 Å². The number of rotatable bonds is 8. The Balaban J connectivity index is 2.52. The van der Waals surface area contributed by atoms with E-state index >= 15 is 0 Å². The topological polar surface area (TPSA) is 93.5 Å². The molecule has 0 aliphatic rings. The molecule has 0 saturated carbocycles. The van der Waals surface area contributed by atoms with Gasteiger partial charge in [-0.2, -0.15) is 0 Å². The molecule has 0 spiro atoms. The van der Waals surface area contributed by atoms with E-state index in [-0.39, 0.29) is 24.3 Å². The Morgan fingerprint density at radius 2 is 1.92 bits per heavy atom. The minimum atomic E-state index is -0.635. The van der Waals surface area contributed by atoms with Gasteiger partial charge in [-0.15, -0.1) is 0 Å². The van der Waals surface area contributed by atoms with Crippen molar-refractivity contribution in [1.82, 2.24) is 5.32 Å². The average molecular weight is 356 g/mol. The molecule has 0 heterocycles. The van der Waals surface area contributed by atoms with Gasteiger partial charge < -0.3 is 21.1 Å². The van der Waals surface area contributed by atoms with Crippen molar-refractivity contribution >= 4 is 29.1 Å². The van der Waals surface area contributed by atoms with Crippen molar-refractivity contribution in [3.05, 3.63) is 23.2 Å². The largest absolute Gasteiger partial charge is 0.492 e. The quantitative estimate of drug-likeness (QED) is 0.667. The summed E-state index contributed by atoms with van der Waals surface area (Å²) < 4.78 is 5.57. The predicted octanol–water partition coefficient (Wildman–Crippen LogP) is 2.41. The van der Waals surface area contributed by atoms with Gasteiger partial charge in [-0.1, -0.05) is 39.3 Å². The number of hydrogen-bond donors (Lipinski definition) is 3. The second-order valence-electron chi connectivity index (χ2n) is 6.39. The van der Waals surface area contributed by atoms with Gasteiger partial charge in [0.25, 0.3) is 0 Å². The van der Waals surface area contributed by atoms with Crippen LogP contribution in [0.15, 0.2) is 18.2 Å². The number of carbonyl (C=O) groups is 2. The van der Waals surface area contributed by atoms with Gasteiger partial charge >= 0.3 is 0 Å². The molecule has 0 saturated heterocycles. The first-order valence-electron chi connectivity index (χ1n) is 7.96. The molecule has 6 nitrogen and oxygen atoms in total. The molecule has 2 amide bonds. The average Bonchev–Trinajstić information content (AvgIpc) is 2.50. The van der Waals surface area contributed by atoms with E-state index in [2.05, 4.69) is 10.6 Å². The SMILES string of the molecule is CC(C)COc1ccc(NC(=O)CNC(=O)[C@@H](N)C(C)C)cc1Cl. The summed E-state index contributed by atoms with van der Waals surface area (Å²) in [5, 5.41) is 5.59. The van der Waals surface area contributed by atoms with Gasteiger partial charge in [0.2, 0.25) is 11.8 Å². The highest BCUT2D eigenvalue weighted by atomic mass is 35.5. The fourth-order valence-corrected chi connectivity index (χ4v) is 1.98. The van der Waals surface area contributed by atoms with E-state index < -0.39 is 6.04 Å². The third kappa shape index (κ3) is 6.76. The summed E-state index contributed by atoms with van der Waals surface area (Å²) in [6.45, 7) is 8.18. The summed E-state index contributed by atoms with van der Waals surface area (Å²) >= 11 is 6.14. The summed E-state index contributed by atoms with van der Waals surface area (Å²) in [5.74, 6) is 0.257. The Morgan fingerprint density at radius 1 is 1.25 bits per heavy atom. The normalized spacial score (nSPS) is 12.2. The lowest BCUT2D eigenvalue weighted by atomic mass is 10.1. The Hall–Kier alpha value is -1.79. The zero-order chi connectivity index (χ0) is 18.3. The van der Waals surface area contributed by atoms with Crippen molar-refractivity contribution in [2.75, 3.05) is 18.5 Å². The highest BCUT2D eigenvalue weighted by molar-refractivity contribution is 6.32. The zero-order valence-electron chi connectivity index (χ0n) is 14.6. The lowest BCUT2D eigenvalue weighted by molar-refractivity contribution is -0.125. The van der Waals surface area contributed by atoms with Crippen molar-refractivity contribution in [2.24, 2.45) is 17.6 Å². The molecule has 0 aromatic heterocycles. The molecule has 1 aromatic rings. The number of anilines is 1. The van der Waals surface area contributed by atoms with E-state index in [0.29, 0.717) is 29.0 Å². The minimum Gasteiger partial charge on any atom is -0.492 e. The molecular weight excluding hydrogens is 330 g/mol. The highest BCUT2D eigenvalue weighted by Gasteiger charge is 2.17. The van der Waals surface area contributed by atoms with Gasteiger partial charge in [-0.3, -0.25) is 9.59 Å². The first kappa shape index (κ1) is 20.3. The summed E-state index contributed by atoms with van der Waals surface area (Å²) in [5.41, 5.74) is 6.24. The second kappa shape index (κ2) is 9.49. The third-order valence-electron chi connectivity index (χ3n) is 3.23. The summed E-state index contributed by atoms with van der Waals surface area (Å²) in [7, 11) is 0. The molecule has 1 atom stereocenters. The molecule has 7 heteroatoms. The second-order valence-corrected chi connectivity index (χ2v) is 6.79. The van der Waals surface area contributed by atoms with Crippen LogP contribution in [0.2, 0.25) is 5.02 Å². The number of halogens is 1. The van der Waals surface area contributed by atoms with Crippen molar-refractivity contribution in [2.45, 2.75) is 33.7 Å². The van der Waals surface area contributed by atoms with Crippen molar-refractivity contribution in [1.29, 1.82) is 0 Å². The number of amides is 2. The Bertz CT molecular complexity index is 576. The van der Waals surface area contributed by atoms with Crippen LogP contribution in [0, 0.1) is 11.8 Å². The standard InChI is InChI=1S/C17H26ClN3O3/c1-10(2)9-24-14-6-5-12(7-13(14)18)21-15(22)8-20-17(23)16(19)11(3)4/h5-7,10-11,16H,8-9,19H2,1-4H3,(H,20,23)(H,21,22)/t16-/m0/s1. The Morgan fingerprint density at radius 3 is 2.46 bits per heavy atom. The molecule has 0 unspecified atom stereocenters. The minimum absolute atomic E-state index is 0.00486. The van der Waals surface area contributed by atoms with E-state index in [1.165, 1.54) is 0 Å². The lowest BCUT2D eigenvalue weighted by Crippen LogP contribution is -2.46. The molecular formula is C17H26ClN3O3. The maximum Gasteiger partial charge on any atom is 0.243 e. The molecule has 1 rings (SSSR count). The van der Waals surface area contributed by atoms with E-state index in [9.17, 15) is 9.59 Å². The molecule has 134 valence electrons. The number of ether oxygens (including phenoxy) is 1. The van der Waals surface area contributed by atoms with Crippen molar-refractivity contribution in [3.8, 4) is 5.75 Å². The predicted molar refractivity (Wildman–Crippen MR) is 96.2 cm³/mol. The van der Waals surface area contributed by atoms with Crippen LogP contribution in [0.1, 0.15) is 27.7 Å². The summed E-state index contributed by atoms with van der Waals surface area (Å²) in [4.78, 5) is 23.6. The van der Waals surface area contributed by atoms with E-state index in [1.54, 1.807) is 18.2 Å². The number of nitrogens with one attached hydrogen (secondary N) is 2. The van der Waals surface area contributed by atoms with Gasteiger partial charge in [0.05, 0.1) is 24.2 Å². The van der Waals surface area contributed by atoms with Gasteiger partial charge in [0.15, 0.2) is 0 Å². The summed E-state index contributed by atoms with van der Waals surface area (Å²) in [6, 6.07) is 4.37. The first-order chi connectivity index (χ1) is 11.2. The number of benzene rings is 1. The molecule has 0 radical (unpaired) electrons. The fourth-order valence-electron chi connectivity index (χ4n) is 1.75. The van der Waals surface area contributed by atoms with Crippen LogP contribution in [0.3, 0.4) is 0 Å². The fraction of sp³-hybridized carbons (Fsp3) is 0.529. The first-order valence-corrected chi connectivity index (χ1v) is 8.34. The van der Waals surface area contributed by atoms with Crippen LogP contribution < -0.4 is 21.1 Å². The maximum atomic E-state index is 11.9. The highest BCUT2D eigenvalue weighted by Crippen LogP contribution is 2.28. The molecule has 1 aromatic carbocycles. The van der Waals surface area contributed by atoms with Gasteiger partial charge in [0, 0.05) is 5.69 Å². The molecule has 0 bridgehead atoms. The van der Waals surface area contributed by atoms with E-state index in [0.717, 1.165) is 0 Å². The maximum absolute atomic E-state index is 11.9. The van der Waals surface area contributed by atoms with Crippen LogP contribution in [0.25, 0.3) is 0 Å². The third-order valence-corrected chi connectivity index (χ3v) is 3.53. The monoisotopic (exact) mass is 355 g/mol. The number of hydrogen-bond acceptors (Lipinski definition) is 4. The number of nitrogens with two attached hydrogens (primary N) is 1. The van der Waals surface area contributed by atoms with Crippen molar-refractivity contribution in [3.63, 3.8) is 0 Å². The van der Waals surface area contributed by atoms with Crippen LogP contribution in [-0.4, -0.2) is 31.0 Å². The molecule has 4 N–H and O–H groups in total. The van der Waals surface area contributed by atoms with Gasteiger partial charge in [0.1, 0.15) is 5.75 Å². The van der Waals surface area contributed by atoms with Crippen LogP contribution in [0.5, 0.6) is 5.75 Å². The van der Waals surface area contributed by atoms with E-state index in [1.807, 2.05) is 27.7 Å². The smallest absolute Gasteiger partial charge is 0.243 e. The van der Waals surface area contributed by atoms with Gasteiger partial charge in [-0.05, 0) is 30.0 Å². The molecule has 0 fully saturated rings. The Kier molecular flexibility index (Phi) is 8.01. The Labute approximate surface area is 148 Å². The zero-order valence-corrected chi connectivity index (χ0v) is 15.3. The van der Waals surface area contributed by atoms with Crippen LogP contribution in [-0.2, 0) is 9.59 Å². The number of carbonyl (C=O) groups excluding carboxylic acids is 2. The molecule has 0 aliphatic carbocycles. The van der Waals surface area contributed by atoms with Crippen LogP contribution >= 0.6 is 11.6 Å². The molecule has 0 aliphatic heterocycles. The van der Waals surface area contributed by atoms with Crippen molar-refractivity contribution < 1.29 is 14.3 Å². The van der Waals surface area contributed by atoms with E-state index in [4.69, 9.17) is 22.1 Å². The summed E-state index contributed by atoms with van der Waals surface area (Å²) in [6.07, 6.45) is 0.